The van der Waals surface area contributed by atoms with E-state index in [1.807, 2.05) is 18.2 Å². The second-order valence-electron chi connectivity index (χ2n) is 5.52. The summed E-state index contributed by atoms with van der Waals surface area (Å²) >= 11 is 1.64. The number of aryl methyl sites for hydroxylation is 1. The van der Waals surface area contributed by atoms with Gasteiger partial charge >= 0.3 is 0 Å². The summed E-state index contributed by atoms with van der Waals surface area (Å²) in [6.07, 6.45) is 4.59. The summed E-state index contributed by atoms with van der Waals surface area (Å²) in [6.45, 7) is 0. The summed E-state index contributed by atoms with van der Waals surface area (Å²) in [5.41, 5.74) is 8.03. The lowest BCUT2D eigenvalue weighted by molar-refractivity contribution is 0.776. The molecule has 0 saturated heterocycles. The summed E-state index contributed by atoms with van der Waals surface area (Å²) in [4.78, 5) is 4.58. The number of aromatic nitrogens is 1. The second-order valence-corrected chi connectivity index (χ2v) is 6.55. The minimum Gasteiger partial charge on any atom is -0.252 e. The number of nitrogens with zero attached hydrogens (tertiary/aromatic N) is 2. The van der Waals surface area contributed by atoms with Crippen LogP contribution in [0.25, 0.3) is 10.2 Å². The summed E-state index contributed by atoms with van der Waals surface area (Å²) in [7, 11) is 0. The molecule has 2 aromatic carbocycles. The van der Waals surface area contributed by atoms with E-state index in [0.717, 1.165) is 29.2 Å². The van der Waals surface area contributed by atoms with Gasteiger partial charge in [0.1, 0.15) is 0 Å². The molecule has 4 rings (SSSR count). The maximum Gasteiger partial charge on any atom is 0.204 e. The first-order valence-corrected chi connectivity index (χ1v) is 8.48. The highest BCUT2D eigenvalue weighted by molar-refractivity contribution is 7.22. The standard InChI is InChI=1S/C18H17N3S/c1-3-9-14-13(7-1)8-2-4-10-15(14)20-21-18-19-16-11-5-6-12-17(16)22-18/h1,3,5-7,9,11-12H,2,4,8,10H2,(H,19,21)/b20-15-. The average molecular weight is 307 g/mol. The highest BCUT2D eigenvalue weighted by atomic mass is 32.1. The number of benzene rings is 2. The summed E-state index contributed by atoms with van der Waals surface area (Å²) in [5, 5.41) is 5.52. The lowest BCUT2D eigenvalue weighted by Crippen LogP contribution is -2.05. The van der Waals surface area contributed by atoms with Crippen LogP contribution in [-0.2, 0) is 6.42 Å². The van der Waals surface area contributed by atoms with E-state index in [1.165, 1.54) is 28.7 Å². The van der Waals surface area contributed by atoms with Crippen molar-refractivity contribution in [3.63, 3.8) is 0 Å². The Hall–Kier alpha value is -2.20. The Morgan fingerprint density at radius 1 is 0.955 bits per heavy atom. The number of rotatable bonds is 2. The number of anilines is 1. The molecule has 0 radical (unpaired) electrons. The predicted octanol–water partition coefficient (Wildman–Crippen LogP) is 4.84. The molecule has 0 atom stereocenters. The molecule has 0 fully saturated rings. The number of hydrazone groups is 1. The lowest BCUT2D eigenvalue weighted by Gasteiger charge is -2.07. The van der Waals surface area contributed by atoms with Gasteiger partial charge in [-0.3, -0.25) is 5.43 Å². The molecule has 1 aliphatic carbocycles. The Kier molecular flexibility index (Phi) is 3.60. The number of nitrogens with one attached hydrogen (secondary N) is 1. The Labute approximate surface area is 133 Å². The molecular weight excluding hydrogens is 290 g/mol. The van der Waals surface area contributed by atoms with Gasteiger partial charge in [0.05, 0.1) is 15.9 Å². The first-order chi connectivity index (χ1) is 10.9. The van der Waals surface area contributed by atoms with Gasteiger partial charge in [0.25, 0.3) is 0 Å². The van der Waals surface area contributed by atoms with Crippen molar-refractivity contribution >= 4 is 32.4 Å². The van der Waals surface area contributed by atoms with Crippen molar-refractivity contribution in [2.24, 2.45) is 5.10 Å². The Morgan fingerprint density at radius 3 is 2.73 bits per heavy atom. The summed E-state index contributed by atoms with van der Waals surface area (Å²) in [6, 6.07) is 16.8. The van der Waals surface area contributed by atoms with Crippen molar-refractivity contribution in [2.45, 2.75) is 25.7 Å². The maximum absolute atomic E-state index is 4.66. The zero-order valence-corrected chi connectivity index (χ0v) is 13.1. The first kappa shape index (κ1) is 13.5. The van der Waals surface area contributed by atoms with Crippen molar-refractivity contribution in [1.29, 1.82) is 0 Å². The molecule has 22 heavy (non-hydrogen) atoms. The third-order valence-corrected chi connectivity index (χ3v) is 4.96. The highest BCUT2D eigenvalue weighted by Gasteiger charge is 2.13. The average Bonchev–Trinajstić information content (AvgIpc) is 2.86. The van der Waals surface area contributed by atoms with Gasteiger partial charge in [-0.25, -0.2) is 4.98 Å². The number of thiazole rings is 1. The Balaban J connectivity index is 1.64. The van der Waals surface area contributed by atoms with Crippen molar-refractivity contribution in [3.05, 3.63) is 59.7 Å². The SMILES string of the molecule is c1ccc2c(c1)CCCC/C2=N/Nc1nc2ccccc2s1. The minimum absolute atomic E-state index is 0.857. The third kappa shape index (κ3) is 2.62. The second kappa shape index (κ2) is 5.89. The monoisotopic (exact) mass is 307 g/mol. The van der Waals surface area contributed by atoms with Crippen LogP contribution in [0.3, 0.4) is 0 Å². The van der Waals surface area contributed by atoms with Crippen molar-refractivity contribution in [2.75, 3.05) is 5.43 Å². The van der Waals surface area contributed by atoms with Crippen LogP contribution < -0.4 is 5.43 Å². The summed E-state index contributed by atoms with van der Waals surface area (Å²) < 4.78 is 1.19. The van der Waals surface area contributed by atoms with Crippen LogP contribution in [-0.4, -0.2) is 10.7 Å². The molecular formula is C18H17N3S. The molecule has 110 valence electrons. The number of hydrogen-bond donors (Lipinski definition) is 1. The van der Waals surface area contributed by atoms with Gasteiger partial charge in [0.15, 0.2) is 0 Å². The maximum atomic E-state index is 4.66. The van der Waals surface area contributed by atoms with Crippen LogP contribution in [0, 0.1) is 0 Å². The Bertz CT molecular complexity index is 802. The van der Waals surface area contributed by atoms with E-state index < -0.39 is 0 Å². The molecule has 4 heteroatoms. The van der Waals surface area contributed by atoms with Crippen LogP contribution >= 0.6 is 11.3 Å². The topological polar surface area (TPSA) is 37.3 Å². The smallest absolute Gasteiger partial charge is 0.204 e. The van der Waals surface area contributed by atoms with E-state index in [-0.39, 0.29) is 0 Å². The normalized spacial score (nSPS) is 16.5. The quantitative estimate of drug-likeness (QED) is 0.543. The molecule has 0 unspecified atom stereocenters. The van der Waals surface area contributed by atoms with Crippen LogP contribution in [0.15, 0.2) is 53.6 Å². The molecule has 1 N–H and O–H groups in total. The van der Waals surface area contributed by atoms with Gasteiger partial charge < -0.3 is 0 Å². The molecule has 0 amide bonds. The highest BCUT2D eigenvalue weighted by Crippen LogP contribution is 2.26. The molecule has 0 saturated carbocycles. The largest absolute Gasteiger partial charge is 0.252 e. The molecule has 3 aromatic rings. The zero-order chi connectivity index (χ0) is 14.8. The fourth-order valence-corrected chi connectivity index (χ4v) is 3.72. The molecule has 1 aliphatic rings. The van der Waals surface area contributed by atoms with E-state index in [4.69, 9.17) is 0 Å². The molecule has 0 aliphatic heterocycles. The van der Waals surface area contributed by atoms with Gasteiger partial charge in [-0.15, -0.1) is 0 Å². The van der Waals surface area contributed by atoms with Gasteiger partial charge in [-0.1, -0.05) is 47.7 Å². The minimum atomic E-state index is 0.857. The van der Waals surface area contributed by atoms with Crippen molar-refractivity contribution < 1.29 is 0 Å². The van der Waals surface area contributed by atoms with E-state index >= 15 is 0 Å². The number of fused-ring (bicyclic) bond motifs is 2. The van der Waals surface area contributed by atoms with Crippen LogP contribution in [0.4, 0.5) is 5.13 Å². The van der Waals surface area contributed by atoms with Crippen LogP contribution in [0.5, 0.6) is 0 Å². The van der Waals surface area contributed by atoms with E-state index in [0.29, 0.717) is 0 Å². The van der Waals surface area contributed by atoms with Crippen molar-refractivity contribution in [3.8, 4) is 0 Å². The first-order valence-electron chi connectivity index (χ1n) is 7.66. The summed E-state index contributed by atoms with van der Waals surface area (Å²) in [5.74, 6) is 0. The molecule has 0 bridgehead atoms. The fourth-order valence-electron chi connectivity index (χ4n) is 2.91. The number of hydrogen-bond acceptors (Lipinski definition) is 4. The van der Waals surface area contributed by atoms with Gasteiger partial charge in [0, 0.05) is 5.56 Å². The Morgan fingerprint density at radius 2 is 1.77 bits per heavy atom. The van der Waals surface area contributed by atoms with Gasteiger partial charge in [-0.2, -0.15) is 5.10 Å². The zero-order valence-electron chi connectivity index (χ0n) is 12.2. The van der Waals surface area contributed by atoms with E-state index in [2.05, 4.69) is 45.8 Å². The third-order valence-electron chi connectivity index (χ3n) is 4.02. The molecule has 1 aromatic heterocycles. The lowest BCUT2D eigenvalue weighted by atomic mass is 10.0. The number of para-hydroxylation sites is 1. The van der Waals surface area contributed by atoms with Gasteiger partial charge in [-0.05, 0) is 43.4 Å². The van der Waals surface area contributed by atoms with Crippen LogP contribution in [0.2, 0.25) is 0 Å². The van der Waals surface area contributed by atoms with Crippen molar-refractivity contribution in [1.82, 2.24) is 4.98 Å². The molecule has 0 spiro atoms. The van der Waals surface area contributed by atoms with Crippen LogP contribution in [0.1, 0.15) is 30.4 Å². The fraction of sp³-hybridized carbons (Fsp3) is 0.222. The van der Waals surface area contributed by atoms with E-state index in [1.54, 1.807) is 11.3 Å². The molecule has 1 heterocycles. The predicted molar refractivity (Wildman–Crippen MR) is 93.8 cm³/mol. The molecule has 3 nitrogen and oxygen atoms in total. The van der Waals surface area contributed by atoms with E-state index in [9.17, 15) is 0 Å². The van der Waals surface area contributed by atoms with Gasteiger partial charge in [0.2, 0.25) is 5.13 Å².